The number of hydrogen-bond acceptors (Lipinski definition) is 2. The summed E-state index contributed by atoms with van der Waals surface area (Å²) in [5.41, 5.74) is 1.03. The Morgan fingerprint density at radius 2 is 1.69 bits per heavy atom. The Bertz CT molecular complexity index is 372. The first-order chi connectivity index (χ1) is 5.83. The Balaban J connectivity index is 2.47. The zero-order chi connectivity index (χ0) is 9.71. The first-order valence-corrected chi connectivity index (χ1v) is 8.31. The number of aryl methyl sites for hydroxylation is 1. The Morgan fingerprint density at radius 1 is 1.08 bits per heavy atom. The van der Waals surface area contributed by atoms with Gasteiger partial charge in [0.05, 0.1) is 0 Å². The van der Waals surface area contributed by atoms with Crippen LogP contribution in [0, 0.1) is 6.92 Å². The molecule has 0 amide bonds. The Hall–Kier alpha value is 0.120. The zero-order valence-corrected chi connectivity index (χ0v) is 9.79. The van der Waals surface area contributed by atoms with Gasteiger partial charge in [-0.25, -0.2) is 0 Å². The summed E-state index contributed by atoms with van der Waals surface area (Å²) in [6.45, 7) is 1.92. The number of fused-ring (bicyclic) bond motifs is 1. The van der Waals surface area contributed by atoms with Crippen molar-refractivity contribution in [2.75, 3.05) is 0 Å². The average Bonchev–Trinajstić information content (AvgIpc) is 2.17. The van der Waals surface area contributed by atoms with Crippen molar-refractivity contribution in [3.8, 4) is 11.5 Å². The third-order valence-electron chi connectivity index (χ3n) is 1.58. The van der Waals surface area contributed by atoms with Crippen molar-refractivity contribution in [3.63, 3.8) is 0 Å². The minimum absolute atomic E-state index is 0.489. The van der Waals surface area contributed by atoms with Crippen LogP contribution in [0.15, 0.2) is 18.2 Å². The second kappa shape index (κ2) is 2.58. The molecule has 1 aliphatic heterocycles. The summed E-state index contributed by atoms with van der Waals surface area (Å²) in [7, 11) is 0. The van der Waals surface area contributed by atoms with Gasteiger partial charge in [0.1, 0.15) is 0 Å². The predicted molar refractivity (Wildman–Crippen MR) is 56.9 cm³/mol. The van der Waals surface area contributed by atoms with Gasteiger partial charge in [0.25, 0.3) is 0 Å². The fourth-order valence-electron chi connectivity index (χ4n) is 1.08. The summed E-state index contributed by atoms with van der Waals surface area (Å²) in [4.78, 5) is 0. The fraction of sp³-hybridized carbons (Fsp3) is 0.143. The van der Waals surface area contributed by atoms with Crippen LogP contribution < -0.4 is 9.05 Å². The summed E-state index contributed by atoms with van der Waals surface area (Å²) in [5, 5.41) is -3.91. The molecule has 0 aliphatic carbocycles. The SMILES string of the molecule is Cc1ccc2c(c1)OP(Cl)(Cl)(Cl)O2. The normalized spacial score (nSPS) is 24.8. The van der Waals surface area contributed by atoms with Crippen molar-refractivity contribution in [2.24, 2.45) is 0 Å². The van der Waals surface area contributed by atoms with E-state index in [9.17, 15) is 0 Å². The molecule has 0 saturated heterocycles. The second-order valence-corrected chi connectivity index (χ2v) is 11.6. The van der Waals surface area contributed by atoms with Gasteiger partial charge in [-0.1, -0.05) is 0 Å². The first kappa shape index (κ1) is 9.67. The van der Waals surface area contributed by atoms with E-state index in [1.165, 1.54) is 0 Å². The Kier molecular flexibility index (Phi) is 1.92. The maximum absolute atomic E-state index is 5.76. The minimum atomic E-state index is -3.91. The summed E-state index contributed by atoms with van der Waals surface area (Å²) in [6.07, 6.45) is 0. The van der Waals surface area contributed by atoms with Crippen LogP contribution in [0.3, 0.4) is 0 Å². The zero-order valence-electron chi connectivity index (χ0n) is 6.63. The van der Waals surface area contributed by atoms with Crippen LogP contribution in [-0.2, 0) is 0 Å². The Labute approximate surface area is 90.1 Å². The van der Waals surface area contributed by atoms with Crippen LogP contribution in [0.1, 0.15) is 5.56 Å². The molecule has 1 aliphatic rings. The van der Waals surface area contributed by atoms with Crippen molar-refractivity contribution < 1.29 is 9.05 Å². The third kappa shape index (κ3) is 1.97. The second-order valence-electron chi connectivity index (χ2n) is 2.81. The van der Waals surface area contributed by atoms with Gasteiger partial charge < -0.3 is 0 Å². The van der Waals surface area contributed by atoms with E-state index in [1.54, 1.807) is 12.1 Å². The molecule has 0 spiro atoms. The van der Waals surface area contributed by atoms with Gasteiger partial charge >= 0.3 is 90.1 Å². The molecule has 0 saturated carbocycles. The quantitative estimate of drug-likeness (QED) is 0.633. The standard InChI is InChI=1S/C7H6Cl3O2P/c1-5-2-3-6-7(4-5)12-13(8,9,10)11-6/h2-4H,1H3. The summed E-state index contributed by atoms with van der Waals surface area (Å²) in [5.74, 6) is 0.987. The molecule has 1 aromatic rings. The van der Waals surface area contributed by atoms with E-state index < -0.39 is 5.12 Å². The molecule has 0 atom stereocenters. The van der Waals surface area contributed by atoms with Crippen molar-refractivity contribution in [2.45, 2.75) is 6.92 Å². The van der Waals surface area contributed by atoms with E-state index in [-0.39, 0.29) is 0 Å². The van der Waals surface area contributed by atoms with Crippen molar-refractivity contribution in [1.82, 2.24) is 0 Å². The molecule has 0 unspecified atom stereocenters. The van der Waals surface area contributed by atoms with Gasteiger partial charge in [-0.3, -0.25) is 0 Å². The van der Waals surface area contributed by atoms with Gasteiger partial charge in [-0.05, 0) is 0 Å². The van der Waals surface area contributed by atoms with E-state index in [0.29, 0.717) is 11.5 Å². The number of halogens is 3. The molecule has 1 aromatic carbocycles. The summed E-state index contributed by atoms with van der Waals surface area (Å²) >= 11 is 17.3. The van der Waals surface area contributed by atoms with Crippen molar-refractivity contribution >= 4 is 38.8 Å². The van der Waals surface area contributed by atoms with Crippen molar-refractivity contribution in [1.29, 1.82) is 0 Å². The van der Waals surface area contributed by atoms with Gasteiger partial charge in [-0.2, -0.15) is 0 Å². The number of hydrogen-bond donors (Lipinski definition) is 0. The number of rotatable bonds is 0. The Morgan fingerprint density at radius 3 is 2.38 bits per heavy atom. The molecule has 2 nitrogen and oxygen atoms in total. The molecule has 6 heteroatoms. The average molecular weight is 259 g/mol. The van der Waals surface area contributed by atoms with Crippen LogP contribution in [-0.4, -0.2) is 0 Å². The van der Waals surface area contributed by atoms with Gasteiger partial charge in [0, 0.05) is 0 Å². The molecule has 0 radical (unpaired) electrons. The molecule has 0 bridgehead atoms. The molecule has 2 rings (SSSR count). The van der Waals surface area contributed by atoms with E-state index >= 15 is 0 Å². The van der Waals surface area contributed by atoms with Crippen molar-refractivity contribution in [3.05, 3.63) is 23.8 Å². The van der Waals surface area contributed by atoms with Crippen LogP contribution in [0.2, 0.25) is 0 Å². The van der Waals surface area contributed by atoms with E-state index in [2.05, 4.69) is 0 Å². The van der Waals surface area contributed by atoms with Crippen LogP contribution in [0.5, 0.6) is 11.5 Å². The molecule has 0 N–H and O–H groups in total. The molecule has 0 aromatic heterocycles. The topological polar surface area (TPSA) is 18.5 Å². The van der Waals surface area contributed by atoms with Crippen LogP contribution in [0.25, 0.3) is 0 Å². The molecule has 13 heavy (non-hydrogen) atoms. The summed E-state index contributed by atoms with van der Waals surface area (Å²) in [6, 6.07) is 5.37. The van der Waals surface area contributed by atoms with Gasteiger partial charge in [-0.15, -0.1) is 0 Å². The molecular formula is C7H6Cl3O2P. The molecule has 0 fully saturated rings. The molecule has 72 valence electrons. The van der Waals surface area contributed by atoms with E-state index in [4.69, 9.17) is 42.8 Å². The van der Waals surface area contributed by atoms with Gasteiger partial charge in [0.2, 0.25) is 0 Å². The maximum atomic E-state index is 5.76. The number of benzene rings is 1. The predicted octanol–water partition coefficient (Wildman–Crippen LogP) is 4.61. The van der Waals surface area contributed by atoms with Gasteiger partial charge in [0.15, 0.2) is 0 Å². The fourth-order valence-corrected chi connectivity index (χ4v) is 3.36. The third-order valence-corrected chi connectivity index (χ3v) is 3.78. The molecule has 1 heterocycles. The molecular weight excluding hydrogens is 253 g/mol. The van der Waals surface area contributed by atoms with E-state index in [1.807, 2.05) is 13.0 Å². The summed E-state index contributed by atoms with van der Waals surface area (Å²) < 4.78 is 10.3. The van der Waals surface area contributed by atoms with Crippen LogP contribution >= 0.6 is 38.8 Å². The van der Waals surface area contributed by atoms with Crippen LogP contribution in [0.4, 0.5) is 0 Å². The van der Waals surface area contributed by atoms with E-state index in [0.717, 1.165) is 5.56 Å². The first-order valence-electron chi connectivity index (χ1n) is 3.52. The monoisotopic (exact) mass is 258 g/mol.